The molecular weight excluding hydrogens is 234 g/mol. The second kappa shape index (κ2) is 7.09. The summed E-state index contributed by atoms with van der Waals surface area (Å²) in [5, 5.41) is 8.17. The highest BCUT2D eigenvalue weighted by Crippen LogP contribution is 2.34. The smallest absolute Gasteiger partial charge is 0.0537 e. The number of rotatable bonds is 6. The van der Waals surface area contributed by atoms with Gasteiger partial charge in [0.05, 0.1) is 12.2 Å². The molecule has 3 nitrogen and oxygen atoms in total. The van der Waals surface area contributed by atoms with Crippen LogP contribution in [0.25, 0.3) is 0 Å². The van der Waals surface area contributed by atoms with Crippen molar-refractivity contribution in [1.29, 1.82) is 0 Å². The first kappa shape index (κ1) is 14.6. The summed E-state index contributed by atoms with van der Waals surface area (Å²) in [6, 6.07) is 1.09. The van der Waals surface area contributed by atoms with Gasteiger partial charge in [0.15, 0.2) is 0 Å². The molecule has 0 bridgehead atoms. The van der Waals surface area contributed by atoms with Gasteiger partial charge in [-0.1, -0.05) is 40.0 Å². The lowest BCUT2D eigenvalue weighted by atomic mass is 9.84. The molecule has 1 aromatic heterocycles. The van der Waals surface area contributed by atoms with Gasteiger partial charge in [0, 0.05) is 17.8 Å². The normalized spacial score (nSPS) is 25.4. The summed E-state index contributed by atoms with van der Waals surface area (Å²) >= 11 is 0. The minimum Gasteiger partial charge on any atom is -0.310 e. The summed E-state index contributed by atoms with van der Waals surface area (Å²) in [4.78, 5) is 0. The molecule has 2 rings (SSSR count). The van der Waals surface area contributed by atoms with E-state index in [1.165, 1.54) is 37.7 Å². The molecular formula is C16H29N3. The molecule has 0 saturated heterocycles. The second-order valence-electron chi connectivity index (χ2n) is 5.87. The van der Waals surface area contributed by atoms with Crippen molar-refractivity contribution >= 4 is 0 Å². The Morgan fingerprint density at radius 1 is 1.37 bits per heavy atom. The van der Waals surface area contributed by atoms with Gasteiger partial charge >= 0.3 is 0 Å². The SMILES string of the molecule is CCNC(CC)c1cnn(C2CCCC(CC)C2)c1. The van der Waals surface area contributed by atoms with Crippen LogP contribution in [0.4, 0.5) is 0 Å². The molecule has 1 N–H and O–H groups in total. The number of hydrogen-bond acceptors (Lipinski definition) is 2. The fraction of sp³-hybridized carbons (Fsp3) is 0.812. The molecule has 1 aromatic rings. The van der Waals surface area contributed by atoms with Crippen LogP contribution in [0.3, 0.4) is 0 Å². The van der Waals surface area contributed by atoms with Gasteiger partial charge in [-0.2, -0.15) is 5.10 Å². The Labute approximate surface area is 117 Å². The summed E-state index contributed by atoms with van der Waals surface area (Å²) in [7, 11) is 0. The Morgan fingerprint density at radius 3 is 2.89 bits per heavy atom. The van der Waals surface area contributed by atoms with E-state index in [9.17, 15) is 0 Å². The first-order valence-corrected chi connectivity index (χ1v) is 8.05. The van der Waals surface area contributed by atoms with Gasteiger partial charge in [0.1, 0.15) is 0 Å². The molecule has 0 radical (unpaired) electrons. The van der Waals surface area contributed by atoms with Gasteiger partial charge in [-0.15, -0.1) is 0 Å². The maximum Gasteiger partial charge on any atom is 0.0537 e. The van der Waals surface area contributed by atoms with Crippen molar-refractivity contribution in [2.24, 2.45) is 5.92 Å². The summed E-state index contributed by atoms with van der Waals surface area (Å²) in [6.45, 7) is 7.74. The van der Waals surface area contributed by atoms with E-state index in [1.807, 2.05) is 0 Å². The van der Waals surface area contributed by atoms with E-state index in [1.54, 1.807) is 0 Å². The maximum absolute atomic E-state index is 4.64. The lowest BCUT2D eigenvalue weighted by Gasteiger charge is -2.28. The van der Waals surface area contributed by atoms with Crippen LogP contribution < -0.4 is 5.32 Å². The molecule has 108 valence electrons. The third-order valence-corrected chi connectivity index (χ3v) is 4.59. The maximum atomic E-state index is 4.64. The molecule has 1 saturated carbocycles. The fourth-order valence-corrected chi connectivity index (χ4v) is 3.35. The molecule has 0 amide bonds. The lowest BCUT2D eigenvalue weighted by molar-refractivity contribution is 0.247. The zero-order chi connectivity index (χ0) is 13.7. The zero-order valence-electron chi connectivity index (χ0n) is 12.7. The molecule has 1 aliphatic rings. The van der Waals surface area contributed by atoms with Crippen LogP contribution in [-0.2, 0) is 0 Å². The lowest BCUT2D eigenvalue weighted by Crippen LogP contribution is -2.20. The predicted molar refractivity (Wildman–Crippen MR) is 80.2 cm³/mol. The Balaban J connectivity index is 2.03. The van der Waals surface area contributed by atoms with E-state index >= 15 is 0 Å². The van der Waals surface area contributed by atoms with E-state index in [-0.39, 0.29) is 0 Å². The van der Waals surface area contributed by atoms with Crippen molar-refractivity contribution in [3.63, 3.8) is 0 Å². The molecule has 0 aromatic carbocycles. The first-order valence-electron chi connectivity index (χ1n) is 8.05. The number of nitrogens with one attached hydrogen (secondary N) is 1. The second-order valence-corrected chi connectivity index (χ2v) is 5.87. The average molecular weight is 263 g/mol. The Morgan fingerprint density at radius 2 is 2.21 bits per heavy atom. The monoisotopic (exact) mass is 263 g/mol. The van der Waals surface area contributed by atoms with Gasteiger partial charge in [-0.05, 0) is 31.7 Å². The average Bonchev–Trinajstić information content (AvgIpc) is 2.94. The highest BCUT2D eigenvalue weighted by Gasteiger charge is 2.23. The molecule has 3 unspecified atom stereocenters. The largest absolute Gasteiger partial charge is 0.310 e. The van der Waals surface area contributed by atoms with E-state index in [2.05, 4.69) is 48.3 Å². The van der Waals surface area contributed by atoms with Crippen molar-refractivity contribution in [3.05, 3.63) is 18.0 Å². The predicted octanol–water partition coefficient (Wildman–Crippen LogP) is 4.09. The van der Waals surface area contributed by atoms with Crippen LogP contribution in [0.5, 0.6) is 0 Å². The van der Waals surface area contributed by atoms with E-state index in [4.69, 9.17) is 0 Å². The highest BCUT2D eigenvalue weighted by atomic mass is 15.3. The van der Waals surface area contributed by atoms with Crippen molar-refractivity contribution in [2.75, 3.05) is 6.54 Å². The summed E-state index contributed by atoms with van der Waals surface area (Å²) in [6.07, 6.45) is 12.2. The molecule has 0 aliphatic heterocycles. The van der Waals surface area contributed by atoms with Gasteiger partial charge in [0.2, 0.25) is 0 Å². The number of hydrogen-bond donors (Lipinski definition) is 1. The molecule has 1 fully saturated rings. The van der Waals surface area contributed by atoms with E-state index < -0.39 is 0 Å². The number of aromatic nitrogens is 2. The third-order valence-electron chi connectivity index (χ3n) is 4.59. The molecule has 1 aliphatic carbocycles. The molecule has 3 atom stereocenters. The Hall–Kier alpha value is -0.830. The van der Waals surface area contributed by atoms with E-state index in [0.29, 0.717) is 12.1 Å². The van der Waals surface area contributed by atoms with Crippen molar-refractivity contribution in [2.45, 2.75) is 71.4 Å². The van der Waals surface area contributed by atoms with Gasteiger partial charge < -0.3 is 5.32 Å². The van der Waals surface area contributed by atoms with Gasteiger partial charge in [-0.3, -0.25) is 4.68 Å². The van der Waals surface area contributed by atoms with E-state index in [0.717, 1.165) is 18.9 Å². The van der Waals surface area contributed by atoms with Crippen LogP contribution in [0, 0.1) is 5.92 Å². The first-order chi connectivity index (χ1) is 9.28. The zero-order valence-corrected chi connectivity index (χ0v) is 12.7. The molecule has 1 heterocycles. The topological polar surface area (TPSA) is 29.9 Å². The minimum atomic E-state index is 0.462. The molecule has 19 heavy (non-hydrogen) atoms. The quantitative estimate of drug-likeness (QED) is 0.838. The van der Waals surface area contributed by atoms with Crippen LogP contribution in [0.15, 0.2) is 12.4 Å². The van der Waals surface area contributed by atoms with Gasteiger partial charge in [0.25, 0.3) is 0 Å². The fourth-order valence-electron chi connectivity index (χ4n) is 3.35. The summed E-state index contributed by atoms with van der Waals surface area (Å²) < 4.78 is 2.23. The number of nitrogens with zero attached hydrogens (tertiary/aromatic N) is 2. The van der Waals surface area contributed by atoms with Crippen molar-refractivity contribution in [3.8, 4) is 0 Å². The molecule has 3 heteroatoms. The van der Waals surface area contributed by atoms with Crippen molar-refractivity contribution in [1.82, 2.24) is 15.1 Å². The minimum absolute atomic E-state index is 0.462. The third kappa shape index (κ3) is 3.59. The van der Waals surface area contributed by atoms with Crippen LogP contribution in [-0.4, -0.2) is 16.3 Å². The highest BCUT2D eigenvalue weighted by molar-refractivity contribution is 5.10. The van der Waals surface area contributed by atoms with Crippen molar-refractivity contribution < 1.29 is 0 Å². The molecule has 0 spiro atoms. The summed E-state index contributed by atoms with van der Waals surface area (Å²) in [5.41, 5.74) is 1.35. The van der Waals surface area contributed by atoms with Crippen LogP contribution in [0.2, 0.25) is 0 Å². The van der Waals surface area contributed by atoms with Crippen LogP contribution in [0.1, 0.15) is 76.9 Å². The Kier molecular flexibility index (Phi) is 5.44. The standard InChI is InChI=1S/C16H29N3/c1-4-13-8-7-9-15(10-13)19-12-14(11-18-19)16(5-2)17-6-3/h11-13,15-17H,4-10H2,1-3H3. The van der Waals surface area contributed by atoms with Crippen LogP contribution >= 0.6 is 0 Å². The summed E-state index contributed by atoms with van der Waals surface area (Å²) in [5.74, 6) is 0.905. The van der Waals surface area contributed by atoms with Gasteiger partial charge in [-0.25, -0.2) is 0 Å². The Bertz CT molecular complexity index is 372.